The van der Waals surface area contributed by atoms with E-state index in [-0.39, 0.29) is 16.9 Å². The van der Waals surface area contributed by atoms with Crippen molar-refractivity contribution in [3.8, 4) is 16.9 Å². The number of non-ortho nitro benzene ring substituents is 1. The number of carbonyl (C=O) groups is 1. The van der Waals surface area contributed by atoms with Crippen LogP contribution in [0.3, 0.4) is 0 Å². The van der Waals surface area contributed by atoms with E-state index in [1.54, 1.807) is 11.6 Å². The average molecular weight is 323 g/mol. The Morgan fingerprint density at radius 3 is 2.29 bits per heavy atom. The van der Waals surface area contributed by atoms with E-state index in [1.165, 1.54) is 24.3 Å². The lowest BCUT2D eigenvalue weighted by Crippen LogP contribution is -2.02. The van der Waals surface area contributed by atoms with Crippen molar-refractivity contribution in [1.82, 2.24) is 9.78 Å². The van der Waals surface area contributed by atoms with Crippen LogP contribution < -0.4 is 0 Å². The van der Waals surface area contributed by atoms with Crippen molar-refractivity contribution < 1.29 is 14.8 Å². The fourth-order valence-corrected chi connectivity index (χ4v) is 2.52. The van der Waals surface area contributed by atoms with Crippen molar-refractivity contribution in [2.24, 2.45) is 0 Å². The second-order valence-electron chi connectivity index (χ2n) is 5.17. The summed E-state index contributed by atoms with van der Waals surface area (Å²) in [5.74, 6) is -1.09. The van der Waals surface area contributed by atoms with E-state index in [0.717, 1.165) is 5.69 Å². The zero-order valence-electron chi connectivity index (χ0n) is 12.7. The minimum absolute atomic E-state index is 0.0603. The van der Waals surface area contributed by atoms with Gasteiger partial charge in [0.2, 0.25) is 0 Å². The predicted molar refractivity (Wildman–Crippen MR) is 87.4 cm³/mol. The van der Waals surface area contributed by atoms with Gasteiger partial charge in [0, 0.05) is 17.7 Å². The summed E-state index contributed by atoms with van der Waals surface area (Å²) in [6.07, 6.45) is 0. The summed E-state index contributed by atoms with van der Waals surface area (Å²) in [7, 11) is 0. The third-order valence-electron chi connectivity index (χ3n) is 3.68. The maximum atomic E-state index is 11.7. The molecule has 0 saturated heterocycles. The number of rotatable bonds is 4. The topological polar surface area (TPSA) is 98.3 Å². The summed E-state index contributed by atoms with van der Waals surface area (Å²) in [5, 5.41) is 24.7. The minimum Gasteiger partial charge on any atom is -0.478 e. The molecule has 0 aliphatic carbocycles. The Balaban J connectivity index is 2.17. The molecule has 1 N–H and O–H groups in total. The molecule has 0 radical (unpaired) electrons. The molecule has 0 saturated carbocycles. The van der Waals surface area contributed by atoms with Crippen LogP contribution in [-0.4, -0.2) is 25.8 Å². The second-order valence-corrected chi connectivity index (χ2v) is 5.17. The van der Waals surface area contributed by atoms with Crippen LogP contribution in [0, 0.1) is 17.0 Å². The van der Waals surface area contributed by atoms with Gasteiger partial charge in [0.25, 0.3) is 5.69 Å². The van der Waals surface area contributed by atoms with Crippen LogP contribution in [0.2, 0.25) is 0 Å². The van der Waals surface area contributed by atoms with Gasteiger partial charge in [-0.3, -0.25) is 10.1 Å². The highest BCUT2D eigenvalue weighted by Gasteiger charge is 2.23. The van der Waals surface area contributed by atoms with E-state index in [4.69, 9.17) is 0 Å². The van der Waals surface area contributed by atoms with Crippen molar-refractivity contribution in [1.29, 1.82) is 0 Å². The summed E-state index contributed by atoms with van der Waals surface area (Å²) in [6, 6.07) is 14.8. The Hall–Kier alpha value is -3.48. The molecule has 1 heterocycles. The van der Waals surface area contributed by atoms with Gasteiger partial charge < -0.3 is 5.11 Å². The molecule has 0 aliphatic rings. The van der Waals surface area contributed by atoms with Gasteiger partial charge >= 0.3 is 5.97 Å². The van der Waals surface area contributed by atoms with Gasteiger partial charge in [-0.05, 0) is 31.2 Å². The lowest BCUT2D eigenvalue weighted by molar-refractivity contribution is -0.384. The Kier molecular flexibility index (Phi) is 3.83. The summed E-state index contributed by atoms with van der Waals surface area (Å²) < 4.78 is 1.56. The van der Waals surface area contributed by atoms with E-state index in [1.807, 2.05) is 30.3 Å². The highest BCUT2D eigenvalue weighted by Crippen LogP contribution is 2.28. The summed E-state index contributed by atoms with van der Waals surface area (Å²) in [6.45, 7) is 1.68. The SMILES string of the molecule is Cc1c(C(=O)O)c(-c2ccc([N+](=O)[O-])cc2)nn1-c1ccccc1. The number of carboxylic acids is 1. The summed E-state index contributed by atoms with van der Waals surface area (Å²) in [5.41, 5.74) is 2.03. The van der Waals surface area contributed by atoms with Crippen LogP contribution >= 0.6 is 0 Å². The van der Waals surface area contributed by atoms with Crippen molar-refractivity contribution in [2.75, 3.05) is 0 Å². The Morgan fingerprint density at radius 1 is 1.12 bits per heavy atom. The van der Waals surface area contributed by atoms with Crippen LogP contribution in [0.15, 0.2) is 54.6 Å². The molecule has 7 heteroatoms. The van der Waals surface area contributed by atoms with Gasteiger partial charge in [-0.2, -0.15) is 5.10 Å². The van der Waals surface area contributed by atoms with Crippen molar-refractivity contribution in [2.45, 2.75) is 6.92 Å². The van der Waals surface area contributed by atoms with E-state index in [2.05, 4.69) is 5.10 Å². The molecule has 0 fully saturated rings. The third-order valence-corrected chi connectivity index (χ3v) is 3.68. The standard InChI is InChI=1S/C17H13N3O4/c1-11-15(17(21)22)16(12-7-9-14(10-8-12)20(23)24)18-19(11)13-5-3-2-4-6-13/h2-10H,1H3,(H,21,22). The maximum absolute atomic E-state index is 11.7. The first-order valence-corrected chi connectivity index (χ1v) is 7.12. The first kappa shape index (κ1) is 15.4. The smallest absolute Gasteiger partial charge is 0.339 e. The molecule has 1 aromatic heterocycles. The molecule has 3 aromatic rings. The van der Waals surface area contributed by atoms with Gasteiger partial charge in [-0.1, -0.05) is 18.2 Å². The Labute approximate surface area is 136 Å². The number of hydrogen-bond acceptors (Lipinski definition) is 4. The molecule has 0 unspecified atom stereocenters. The van der Waals surface area contributed by atoms with Crippen molar-refractivity contribution in [3.63, 3.8) is 0 Å². The normalized spacial score (nSPS) is 10.5. The number of aromatic carboxylic acids is 1. The average Bonchev–Trinajstić information content (AvgIpc) is 2.93. The van der Waals surface area contributed by atoms with Crippen LogP contribution in [-0.2, 0) is 0 Å². The molecule has 24 heavy (non-hydrogen) atoms. The maximum Gasteiger partial charge on any atom is 0.339 e. The molecule has 3 rings (SSSR count). The number of carboxylic acid groups (broad SMARTS) is 1. The van der Waals surface area contributed by atoms with Crippen LogP contribution in [0.5, 0.6) is 0 Å². The second kappa shape index (κ2) is 5.96. The van der Waals surface area contributed by atoms with Crippen LogP contribution in [0.1, 0.15) is 16.1 Å². The quantitative estimate of drug-likeness (QED) is 0.585. The molecule has 0 aliphatic heterocycles. The zero-order valence-corrected chi connectivity index (χ0v) is 12.7. The largest absolute Gasteiger partial charge is 0.478 e. The Bertz CT molecular complexity index is 915. The van der Waals surface area contributed by atoms with Crippen molar-refractivity contribution >= 4 is 11.7 Å². The monoisotopic (exact) mass is 323 g/mol. The van der Waals surface area contributed by atoms with Gasteiger partial charge in [-0.25, -0.2) is 9.48 Å². The number of nitrogens with zero attached hydrogens (tertiary/aromatic N) is 3. The summed E-state index contributed by atoms with van der Waals surface area (Å²) >= 11 is 0. The number of nitro groups is 1. The fraction of sp³-hybridized carbons (Fsp3) is 0.0588. The van der Waals surface area contributed by atoms with Gasteiger partial charge in [0.05, 0.1) is 16.3 Å². The number of nitro benzene ring substituents is 1. The van der Waals surface area contributed by atoms with Crippen LogP contribution in [0.4, 0.5) is 5.69 Å². The predicted octanol–water partition coefficient (Wildman–Crippen LogP) is 3.45. The molecule has 2 aromatic carbocycles. The number of aromatic nitrogens is 2. The highest BCUT2D eigenvalue weighted by atomic mass is 16.6. The van der Waals surface area contributed by atoms with E-state index >= 15 is 0 Å². The molecule has 7 nitrogen and oxygen atoms in total. The van der Waals surface area contributed by atoms with Gasteiger partial charge in [0.15, 0.2) is 0 Å². The molecule has 0 bridgehead atoms. The van der Waals surface area contributed by atoms with Crippen molar-refractivity contribution in [3.05, 3.63) is 76.0 Å². The first-order chi connectivity index (χ1) is 11.5. The fourth-order valence-electron chi connectivity index (χ4n) is 2.52. The molecule has 0 amide bonds. The van der Waals surface area contributed by atoms with E-state index < -0.39 is 10.9 Å². The third kappa shape index (κ3) is 2.63. The minimum atomic E-state index is -1.09. The summed E-state index contributed by atoms with van der Waals surface area (Å²) in [4.78, 5) is 21.9. The number of benzene rings is 2. The molecule has 0 spiro atoms. The molecule has 0 atom stereocenters. The lowest BCUT2D eigenvalue weighted by Gasteiger charge is -2.03. The molecular weight excluding hydrogens is 310 g/mol. The first-order valence-electron chi connectivity index (χ1n) is 7.12. The lowest BCUT2D eigenvalue weighted by atomic mass is 10.1. The number of hydrogen-bond donors (Lipinski definition) is 1. The van der Waals surface area contributed by atoms with Crippen LogP contribution in [0.25, 0.3) is 16.9 Å². The van der Waals surface area contributed by atoms with E-state index in [0.29, 0.717) is 11.3 Å². The zero-order chi connectivity index (χ0) is 17.3. The Morgan fingerprint density at radius 2 is 1.75 bits per heavy atom. The molecule has 120 valence electrons. The molecular formula is C17H13N3O4. The highest BCUT2D eigenvalue weighted by molar-refractivity contribution is 5.96. The van der Waals surface area contributed by atoms with E-state index in [9.17, 15) is 20.0 Å². The van der Waals surface area contributed by atoms with Gasteiger partial charge in [0.1, 0.15) is 11.3 Å². The number of para-hydroxylation sites is 1. The van der Waals surface area contributed by atoms with Gasteiger partial charge in [-0.15, -0.1) is 0 Å².